The fraction of sp³-hybridized carbons (Fsp3) is 1.00. The van der Waals surface area contributed by atoms with Crippen LogP contribution in [-0.4, -0.2) is 30.6 Å². The highest BCUT2D eigenvalue weighted by atomic mass is 15.2. The van der Waals surface area contributed by atoms with E-state index in [-0.39, 0.29) is 0 Å². The van der Waals surface area contributed by atoms with Crippen LogP contribution in [-0.2, 0) is 0 Å². The Morgan fingerprint density at radius 3 is 2.91 bits per heavy atom. The lowest BCUT2D eigenvalue weighted by atomic mass is 9.98. The Bertz CT molecular complexity index is 146. The maximum absolute atomic E-state index is 5.73. The highest BCUT2D eigenvalue weighted by molar-refractivity contribution is 4.95. The summed E-state index contributed by atoms with van der Waals surface area (Å²) >= 11 is 0. The first-order valence-corrected chi connectivity index (χ1v) is 4.75. The first-order valence-electron chi connectivity index (χ1n) is 4.75. The van der Waals surface area contributed by atoms with Gasteiger partial charge in [0.1, 0.15) is 0 Å². The topological polar surface area (TPSA) is 29.3 Å². The summed E-state index contributed by atoms with van der Waals surface area (Å²) in [4.78, 5) is 2.56. The molecule has 64 valence electrons. The minimum absolute atomic E-state index is 0.799. The summed E-state index contributed by atoms with van der Waals surface area (Å²) < 4.78 is 0. The third kappa shape index (κ3) is 1.09. The van der Waals surface area contributed by atoms with Crippen LogP contribution in [0, 0.1) is 5.92 Å². The van der Waals surface area contributed by atoms with Crippen molar-refractivity contribution in [2.24, 2.45) is 11.7 Å². The smallest absolute Gasteiger partial charge is 0.0136 e. The number of hydrogen-bond acceptors (Lipinski definition) is 2. The Morgan fingerprint density at radius 1 is 1.45 bits per heavy atom. The molecule has 3 atom stereocenters. The summed E-state index contributed by atoms with van der Waals surface area (Å²) in [6.07, 6.45) is 5.58. The van der Waals surface area contributed by atoms with Gasteiger partial charge >= 0.3 is 0 Å². The number of fused-ring (bicyclic) bond motifs is 2. The summed E-state index contributed by atoms with van der Waals surface area (Å²) in [5.41, 5.74) is 5.73. The van der Waals surface area contributed by atoms with Crippen LogP contribution in [0.15, 0.2) is 0 Å². The normalized spacial score (nSPS) is 44.7. The van der Waals surface area contributed by atoms with Crippen molar-refractivity contribution in [2.75, 3.05) is 13.6 Å². The molecule has 2 aliphatic heterocycles. The highest BCUT2D eigenvalue weighted by Crippen LogP contribution is 2.37. The molecule has 0 spiro atoms. The second-order valence-electron chi connectivity index (χ2n) is 4.05. The minimum atomic E-state index is 0.799. The Labute approximate surface area is 68.7 Å². The zero-order valence-corrected chi connectivity index (χ0v) is 7.29. The van der Waals surface area contributed by atoms with Gasteiger partial charge in [-0.15, -0.1) is 0 Å². The standard InChI is InChI=1S/C9H18N2/c1-11-8-3-2-4-9(11)7(5-8)6-10/h7-9H,2-6,10H2,1H3. The highest BCUT2D eigenvalue weighted by Gasteiger charge is 2.40. The van der Waals surface area contributed by atoms with E-state index < -0.39 is 0 Å². The molecule has 3 unspecified atom stereocenters. The molecule has 0 amide bonds. The summed E-state index contributed by atoms with van der Waals surface area (Å²) in [6, 6.07) is 1.68. The molecule has 2 rings (SSSR count). The zero-order valence-electron chi connectivity index (χ0n) is 7.29. The van der Waals surface area contributed by atoms with Crippen molar-refractivity contribution >= 4 is 0 Å². The lowest BCUT2D eigenvalue weighted by Gasteiger charge is -2.32. The van der Waals surface area contributed by atoms with Gasteiger partial charge < -0.3 is 10.6 Å². The SMILES string of the molecule is CN1C2CCCC1C(CN)C2. The van der Waals surface area contributed by atoms with Crippen LogP contribution < -0.4 is 5.73 Å². The molecule has 2 heterocycles. The fourth-order valence-electron chi connectivity index (χ4n) is 2.85. The van der Waals surface area contributed by atoms with Gasteiger partial charge in [0.15, 0.2) is 0 Å². The Hall–Kier alpha value is -0.0800. The van der Waals surface area contributed by atoms with E-state index in [0.29, 0.717) is 0 Å². The van der Waals surface area contributed by atoms with E-state index in [0.717, 1.165) is 24.5 Å². The number of rotatable bonds is 1. The van der Waals surface area contributed by atoms with E-state index in [4.69, 9.17) is 5.73 Å². The van der Waals surface area contributed by atoms with E-state index in [1.807, 2.05) is 0 Å². The zero-order chi connectivity index (χ0) is 7.84. The second-order valence-corrected chi connectivity index (χ2v) is 4.05. The van der Waals surface area contributed by atoms with E-state index in [2.05, 4.69) is 11.9 Å². The quantitative estimate of drug-likeness (QED) is 0.606. The summed E-state index contributed by atoms with van der Waals surface area (Å²) in [7, 11) is 2.27. The molecular formula is C9H18N2. The average molecular weight is 154 g/mol. The number of piperidine rings is 1. The molecular weight excluding hydrogens is 136 g/mol. The third-order valence-corrected chi connectivity index (χ3v) is 3.56. The largest absolute Gasteiger partial charge is 0.330 e. The van der Waals surface area contributed by atoms with Crippen LogP contribution in [0.3, 0.4) is 0 Å². The number of nitrogens with zero attached hydrogens (tertiary/aromatic N) is 1. The van der Waals surface area contributed by atoms with Crippen LogP contribution in [0.2, 0.25) is 0 Å². The lowest BCUT2D eigenvalue weighted by Crippen LogP contribution is -2.38. The van der Waals surface area contributed by atoms with Crippen LogP contribution in [0.1, 0.15) is 25.7 Å². The van der Waals surface area contributed by atoms with Crippen molar-refractivity contribution in [1.29, 1.82) is 0 Å². The van der Waals surface area contributed by atoms with Gasteiger partial charge in [0.25, 0.3) is 0 Å². The molecule has 2 fully saturated rings. The Kier molecular flexibility index (Phi) is 1.90. The first kappa shape index (κ1) is 7.56. The van der Waals surface area contributed by atoms with Crippen LogP contribution >= 0.6 is 0 Å². The van der Waals surface area contributed by atoms with Crippen molar-refractivity contribution in [3.8, 4) is 0 Å². The first-order chi connectivity index (χ1) is 5.33. The van der Waals surface area contributed by atoms with Crippen molar-refractivity contribution in [3.05, 3.63) is 0 Å². The minimum Gasteiger partial charge on any atom is -0.330 e. The molecule has 0 saturated carbocycles. The molecule has 2 N–H and O–H groups in total. The molecule has 11 heavy (non-hydrogen) atoms. The van der Waals surface area contributed by atoms with Crippen LogP contribution in [0.5, 0.6) is 0 Å². The maximum atomic E-state index is 5.73. The molecule has 2 saturated heterocycles. The molecule has 0 aromatic rings. The predicted octanol–water partition coefficient (Wildman–Crippen LogP) is 0.818. The van der Waals surface area contributed by atoms with Gasteiger partial charge in [-0.05, 0) is 38.8 Å². The maximum Gasteiger partial charge on any atom is 0.0136 e. The van der Waals surface area contributed by atoms with Gasteiger partial charge in [-0.25, -0.2) is 0 Å². The summed E-state index contributed by atoms with van der Waals surface area (Å²) in [5.74, 6) is 0.799. The Balaban J connectivity index is 2.09. The van der Waals surface area contributed by atoms with Gasteiger partial charge in [0.05, 0.1) is 0 Å². The van der Waals surface area contributed by atoms with E-state index >= 15 is 0 Å². The molecule has 2 aliphatic rings. The molecule has 2 nitrogen and oxygen atoms in total. The molecule has 0 radical (unpaired) electrons. The monoisotopic (exact) mass is 154 g/mol. The summed E-state index contributed by atoms with van der Waals surface area (Å²) in [5, 5.41) is 0. The van der Waals surface area contributed by atoms with Crippen molar-refractivity contribution in [2.45, 2.75) is 37.8 Å². The fourth-order valence-corrected chi connectivity index (χ4v) is 2.85. The van der Waals surface area contributed by atoms with Gasteiger partial charge in [0, 0.05) is 12.1 Å². The van der Waals surface area contributed by atoms with Crippen molar-refractivity contribution in [1.82, 2.24) is 4.90 Å². The van der Waals surface area contributed by atoms with Gasteiger partial charge in [-0.2, -0.15) is 0 Å². The number of hydrogen-bond donors (Lipinski definition) is 1. The van der Waals surface area contributed by atoms with Gasteiger partial charge in [-0.1, -0.05) is 6.42 Å². The average Bonchev–Trinajstić information content (AvgIpc) is 2.23. The van der Waals surface area contributed by atoms with Crippen LogP contribution in [0.4, 0.5) is 0 Å². The second kappa shape index (κ2) is 2.76. The molecule has 0 aromatic carbocycles. The van der Waals surface area contributed by atoms with Crippen LogP contribution in [0.25, 0.3) is 0 Å². The Morgan fingerprint density at radius 2 is 2.27 bits per heavy atom. The van der Waals surface area contributed by atoms with E-state index in [9.17, 15) is 0 Å². The lowest BCUT2D eigenvalue weighted by molar-refractivity contribution is 0.166. The molecule has 0 aromatic heterocycles. The van der Waals surface area contributed by atoms with Crippen molar-refractivity contribution in [3.63, 3.8) is 0 Å². The predicted molar refractivity (Wildman–Crippen MR) is 46.4 cm³/mol. The molecule has 2 bridgehead atoms. The van der Waals surface area contributed by atoms with Crippen molar-refractivity contribution < 1.29 is 0 Å². The molecule has 2 heteroatoms. The number of nitrogens with two attached hydrogens (primary N) is 1. The summed E-state index contributed by atoms with van der Waals surface area (Å²) in [6.45, 7) is 0.894. The van der Waals surface area contributed by atoms with E-state index in [1.54, 1.807) is 0 Å². The third-order valence-electron chi connectivity index (χ3n) is 3.56. The molecule has 0 aliphatic carbocycles. The van der Waals surface area contributed by atoms with E-state index in [1.165, 1.54) is 25.7 Å². The van der Waals surface area contributed by atoms with Gasteiger partial charge in [0.2, 0.25) is 0 Å². The van der Waals surface area contributed by atoms with Gasteiger partial charge in [-0.3, -0.25) is 0 Å².